The predicted octanol–water partition coefficient (Wildman–Crippen LogP) is 7.38. The van der Waals surface area contributed by atoms with Crippen molar-refractivity contribution >= 4 is 74.8 Å². The Hall–Kier alpha value is -3.34. The van der Waals surface area contributed by atoms with Crippen LogP contribution in [0.4, 0.5) is 10.7 Å². The van der Waals surface area contributed by atoms with E-state index >= 15 is 0 Å². The molecular formula is C31H27Cl2N3O4S2. The molecule has 3 aromatic carbocycles. The molecule has 0 fully saturated rings. The smallest absolute Gasteiger partial charge is 0.341 e. The average Bonchev–Trinajstić information content (AvgIpc) is 3.33. The number of thiophene rings is 1. The molecule has 2 heterocycles. The van der Waals surface area contributed by atoms with E-state index in [0.717, 1.165) is 28.4 Å². The standard InChI is InChI=1S/C31H27Cl2N3O4S2/c1-40-31(39)28-24-12-13-36(16-19-6-3-2-4-7-19)17-26(24)42-30(28)35-27(37)18-41-22-9-5-8-21(15-22)34-29(38)23-11-10-20(32)14-25(23)33/h2-11,14-15H,12-13,16-18H2,1H3,(H,34,38)(H,35,37). The summed E-state index contributed by atoms with van der Waals surface area (Å²) in [7, 11) is 1.35. The lowest BCUT2D eigenvalue weighted by atomic mass is 10.0. The summed E-state index contributed by atoms with van der Waals surface area (Å²) in [6.07, 6.45) is 0.702. The number of nitrogens with one attached hydrogen (secondary N) is 2. The van der Waals surface area contributed by atoms with Crippen LogP contribution in [0.25, 0.3) is 0 Å². The highest BCUT2D eigenvalue weighted by molar-refractivity contribution is 8.00. The second kappa shape index (κ2) is 13.8. The predicted molar refractivity (Wildman–Crippen MR) is 170 cm³/mol. The molecule has 4 aromatic rings. The summed E-state index contributed by atoms with van der Waals surface area (Å²) in [4.78, 5) is 42.6. The van der Waals surface area contributed by atoms with Crippen LogP contribution in [0.1, 0.15) is 36.7 Å². The summed E-state index contributed by atoms with van der Waals surface area (Å²) >= 11 is 14.8. The first-order valence-corrected chi connectivity index (χ1v) is 15.6. The number of carbonyl (C=O) groups excluding carboxylic acids is 3. The molecule has 0 atom stereocenters. The van der Waals surface area contributed by atoms with Gasteiger partial charge in [-0.1, -0.05) is 59.6 Å². The summed E-state index contributed by atoms with van der Waals surface area (Å²) in [5.41, 5.74) is 3.50. The van der Waals surface area contributed by atoms with E-state index in [1.54, 1.807) is 30.3 Å². The maximum atomic E-state index is 13.0. The number of hydrogen-bond donors (Lipinski definition) is 2. The van der Waals surface area contributed by atoms with Crippen LogP contribution in [0.15, 0.2) is 77.7 Å². The number of halogens is 2. The number of fused-ring (bicyclic) bond motifs is 1. The molecule has 1 aliphatic rings. The Bertz CT molecular complexity index is 1630. The number of rotatable bonds is 9. The summed E-state index contributed by atoms with van der Waals surface area (Å²) in [5, 5.41) is 6.98. The number of benzene rings is 3. The van der Waals surface area contributed by atoms with Crippen LogP contribution in [0.5, 0.6) is 0 Å². The molecule has 0 bridgehead atoms. The number of hydrogen-bond acceptors (Lipinski definition) is 7. The van der Waals surface area contributed by atoms with Crippen LogP contribution in [0, 0.1) is 0 Å². The Balaban J connectivity index is 1.22. The molecule has 11 heteroatoms. The van der Waals surface area contributed by atoms with E-state index in [0.29, 0.717) is 39.8 Å². The Morgan fingerprint density at radius 3 is 2.57 bits per heavy atom. The molecule has 0 unspecified atom stereocenters. The third kappa shape index (κ3) is 7.35. The third-order valence-electron chi connectivity index (χ3n) is 6.67. The van der Waals surface area contributed by atoms with Gasteiger partial charge in [0, 0.05) is 40.1 Å². The van der Waals surface area contributed by atoms with Gasteiger partial charge in [0.05, 0.1) is 29.0 Å². The lowest BCUT2D eigenvalue weighted by molar-refractivity contribution is -0.113. The van der Waals surface area contributed by atoms with Crippen LogP contribution < -0.4 is 10.6 Å². The van der Waals surface area contributed by atoms with E-state index < -0.39 is 5.97 Å². The number of esters is 1. The van der Waals surface area contributed by atoms with Gasteiger partial charge in [-0.15, -0.1) is 23.1 Å². The van der Waals surface area contributed by atoms with Gasteiger partial charge in [0.15, 0.2) is 0 Å². The van der Waals surface area contributed by atoms with E-state index in [2.05, 4.69) is 27.7 Å². The zero-order valence-corrected chi connectivity index (χ0v) is 25.8. The van der Waals surface area contributed by atoms with Crippen molar-refractivity contribution in [3.8, 4) is 0 Å². The molecule has 2 amide bonds. The molecule has 0 radical (unpaired) electrons. The van der Waals surface area contributed by atoms with Crippen molar-refractivity contribution in [2.45, 2.75) is 24.4 Å². The van der Waals surface area contributed by atoms with Gasteiger partial charge in [-0.25, -0.2) is 4.79 Å². The lowest BCUT2D eigenvalue weighted by Crippen LogP contribution is -2.29. The molecule has 0 saturated carbocycles. The fourth-order valence-corrected chi connectivity index (χ4v) is 7.23. The zero-order valence-electron chi connectivity index (χ0n) is 22.6. The number of nitrogens with zero attached hydrogens (tertiary/aromatic N) is 1. The van der Waals surface area contributed by atoms with E-state index in [1.807, 2.05) is 24.3 Å². The summed E-state index contributed by atoms with van der Waals surface area (Å²) in [6, 6.07) is 22.1. The fourth-order valence-electron chi connectivity index (χ4n) is 4.69. The van der Waals surface area contributed by atoms with Gasteiger partial charge in [0.2, 0.25) is 5.91 Å². The normalized spacial score (nSPS) is 12.8. The van der Waals surface area contributed by atoms with Crippen molar-refractivity contribution < 1.29 is 19.1 Å². The molecular weight excluding hydrogens is 613 g/mol. The SMILES string of the molecule is COC(=O)c1c(NC(=O)CSc2cccc(NC(=O)c3ccc(Cl)cc3Cl)c2)sc2c1CCN(Cc1ccccc1)C2. The second-order valence-corrected chi connectivity index (χ2v) is 12.6. The van der Waals surface area contributed by atoms with Gasteiger partial charge in [0.25, 0.3) is 5.91 Å². The largest absolute Gasteiger partial charge is 0.465 e. The fraction of sp³-hybridized carbons (Fsp3) is 0.194. The minimum atomic E-state index is -0.448. The van der Waals surface area contributed by atoms with Crippen LogP contribution in [-0.4, -0.2) is 42.1 Å². The van der Waals surface area contributed by atoms with E-state index in [-0.39, 0.29) is 22.6 Å². The molecule has 5 rings (SSSR count). The first-order chi connectivity index (χ1) is 20.3. The molecule has 7 nitrogen and oxygen atoms in total. The number of amides is 2. The maximum Gasteiger partial charge on any atom is 0.341 e. The highest BCUT2D eigenvalue weighted by Crippen LogP contribution is 2.38. The first kappa shape index (κ1) is 30.1. The van der Waals surface area contributed by atoms with E-state index in [4.69, 9.17) is 27.9 Å². The Labute approximate surface area is 262 Å². The monoisotopic (exact) mass is 639 g/mol. The topological polar surface area (TPSA) is 87.7 Å². The highest BCUT2D eigenvalue weighted by atomic mass is 35.5. The molecule has 42 heavy (non-hydrogen) atoms. The van der Waals surface area contributed by atoms with Crippen molar-refractivity contribution in [2.75, 3.05) is 30.0 Å². The highest BCUT2D eigenvalue weighted by Gasteiger charge is 2.29. The molecule has 0 spiro atoms. The maximum absolute atomic E-state index is 13.0. The van der Waals surface area contributed by atoms with Gasteiger partial charge < -0.3 is 15.4 Å². The van der Waals surface area contributed by atoms with Gasteiger partial charge in [-0.05, 0) is 53.9 Å². The van der Waals surface area contributed by atoms with E-state index in [1.165, 1.54) is 41.8 Å². The molecule has 0 aliphatic carbocycles. The molecule has 2 N–H and O–H groups in total. The van der Waals surface area contributed by atoms with Gasteiger partial charge in [-0.3, -0.25) is 14.5 Å². The Kier molecular flexibility index (Phi) is 9.87. The van der Waals surface area contributed by atoms with Crippen molar-refractivity contribution in [3.63, 3.8) is 0 Å². The van der Waals surface area contributed by atoms with Crippen LogP contribution in [-0.2, 0) is 29.0 Å². The second-order valence-electron chi connectivity index (χ2n) is 9.59. The van der Waals surface area contributed by atoms with Gasteiger partial charge in [0.1, 0.15) is 5.00 Å². The number of anilines is 2. The quantitative estimate of drug-likeness (QED) is 0.147. The Morgan fingerprint density at radius 1 is 1.00 bits per heavy atom. The Morgan fingerprint density at radius 2 is 1.81 bits per heavy atom. The molecule has 0 saturated heterocycles. The van der Waals surface area contributed by atoms with Crippen molar-refractivity contribution in [3.05, 3.63) is 110 Å². The molecule has 1 aromatic heterocycles. The summed E-state index contributed by atoms with van der Waals surface area (Å²) < 4.78 is 5.07. The zero-order chi connectivity index (χ0) is 29.6. The summed E-state index contributed by atoms with van der Waals surface area (Å²) in [6.45, 7) is 2.32. The molecule has 1 aliphatic heterocycles. The number of thioether (sulfide) groups is 1. The minimum Gasteiger partial charge on any atom is -0.465 e. The summed E-state index contributed by atoms with van der Waals surface area (Å²) in [5.74, 6) is -0.941. The molecule has 216 valence electrons. The van der Waals surface area contributed by atoms with E-state index in [9.17, 15) is 14.4 Å². The van der Waals surface area contributed by atoms with Gasteiger partial charge in [-0.2, -0.15) is 0 Å². The average molecular weight is 641 g/mol. The van der Waals surface area contributed by atoms with Crippen molar-refractivity contribution in [1.29, 1.82) is 0 Å². The third-order valence-corrected chi connectivity index (χ3v) is 9.34. The van der Waals surface area contributed by atoms with Crippen LogP contribution in [0.2, 0.25) is 10.0 Å². The van der Waals surface area contributed by atoms with Crippen molar-refractivity contribution in [2.24, 2.45) is 0 Å². The number of ether oxygens (including phenoxy) is 1. The van der Waals surface area contributed by atoms with Gasteiger partial charge >= 0.3 is 5.97 Å². The minimum absolute atomic E-state index is 0.115. The first-order valence-electron chi connectivity index (χ1n) is 13.1. The van der Waals surface area contributed by atoms with Crippen LogP contribution >= 0.6 is 46.3 Å². The number of methoxy groups -OCH3 is 1. The lowest BCUT2D eigenvalue weighted by Gasteiger charge is -2.27. The van der Waals surface area contributed by atoms with Crippen molar-refractivity contribution in [1.82, 2.24) is 4.90 Å². The number of carbonyl (C=O) groups is 3. The van der Waals surface area contributed by atoms with Crippen LogP contribution in [0.3, 0.4) is 0 Å².